The van der Waals surface area contributed by atoms with Crippen molar-refractivity contribution in [2.24, 2.45) is 0 Å². The number of carbonyl (C=O) groups is 2. The maximum absolute atomic E-state index is 12.2. The monoisotopic (exact) mass is 285 g/mol. The van der Waals surface area contributed by atoms with Crippen molar-refractivity contribution < 1.29 is 23.9 Å². The predicted octanol–water partition coefficient (Wildman–Crippen LogP) is 1.45. The number of ether oxygens (including phenoxy) is 2. The first kappa shape index (κ1) is 16.8. The van der Waals surface area contributed by atoms with E-state index in [2.05, 4.69) is 6.58 Å². The molecular weight excluding hydrogens is 262 g/mol. The number of hydrogen-bond donors (Lipinski definition) is 0. The first-order valence-corrected chi connectivity index (χ1v) is 6.63. The lowest BCUT2D eigenvalue weighted by molar-refractivity contribution is -0.187. The van der Waals surface area contributed by atoms with E-state index in [1.165, 1.54) is 14.2 Å². The minimum atomic E-state index is -0.966. The number of amides is 1. The zero-order chi connectivity index (χ0) is 15.3. The summed E-state index contributed by atoms with van der Waals surface area (Å²) in [6.45, 7) is 6.97. The normalized spacial score (nSPS) is 24.4. The van der Waals surface area contributed by atoms with E-state index in [1.54, 1.807) is 19.9 Å². The molecule has 0 aliphatic carbocycles. The Kier molecular flexibility index (Phi) is 5.86. The van der Waals surface area contributed by atoms with Gasteiger partial charge in [-0.1, -0.05) is 6.08 Å². The van der Waals surface area contributed by atoms with Crippen molar-refractivity contribution in [2.75, 3.05) is 14.2 Å². The molecule has 0 unspecified atom stereocenters. The summed E-state index contributed by atoms with van der Waals surface area (Å²) in [5, 5.41) is 1.04. The maximum atomic E-state index is 12.2. The Labute approximate surface area is 119 Å². The second kappa shape index (κ2) is 6.97. The molecular formula is C14H23NO5. The van der Waals surface area contributed by atoms with Gasteiger partial charge in [0.05, 0.1) is 7.11 Å². The molecule has 1 amide bonds. The molecule has 0 N–H and O–H groups in total. The lowest BCUT2D eigenvalue weighted by atomic mass is 10.0. The van der Waals surface area contributed by atoms with E-state index >= 15 is 0 Å². The number of Topliss-reactive ketones (excluding diaryl/α,β-unsaturated/α-hetero) is 1. The zero-order valence-corrected chi connectivity index (χ0v) is 12.5. The number of ketones is 1. The van der Waals surface area contributed by atoms with Crippen molar-refractivity contribution in [3.05, 3.63) is 12.7 Å². The molecule has 1 aliphatic rings. The van der Waals surface area contributed by atoms with Crippen LogP contribution in [0.5, 0.6) is 0 Å². The molecule has 0 aromatic heterocycles. The van der Waals surface area contributed by atoms with Gasteiger partial charge < -0.3 is 9.47 Å². The standard InChI is InChI=1S/C14H23NO5/c1-6-7-8-9-10(16)11-12(13(17)15(4)18-5)20-14(2,3)19-11/h6,11-12H,1,7-9H2,2-5H3/t11-,12+/m0/s1. The van der Waals surface area contributed by atoms with Gasteiger partial charge in [0.25, 0.3) is 5.91 Å². The highest BCUT2D eigenvalue weighted by atomic mass is 16.8. The zero-order valence-electron chi connectivity index (χ0n) is 12.5. The van der Waals surface area contributed by atoms with E-state index in [-0.39, 0.29) is 5.78 Å². The number of carbonyl (C=O) groups excluding carboxylic acids is 2. The molecule has 0 radical (unpaired) electrons. The topological polar surface area (TPSA) is 65.1 Å². The molecule has 1 heterocycles. The quantitative estimate of drug-likeness (QED) is 0.402. The Morgan fingerprint density at radius 1 is 1.35 bits per heavy atom. The number of hydrogen-bond acceptors (Lipinski definition) is 5. The van der Waals surface area contributed by atoms with Crippen molar-refractivity contribution in [3.63, 3.8) is 0 Å². The largest absolute Gasteiger partial charge is 0.336 e. The van der Waals surface area contributed by atoms with E-state index in [1.807, 2.05) is 0 Å². The number of unbranched alkanes of at least 4 members (excludes halogenated alkanes) is 1. The first-order chi connectivity index (χ1) is 9.32. The van der Waals surface area contributed by atoms with Crippen molar-refractivity contribution in [2.45, 2.75) is 51.1 Å². The summed E-state index contributed by atoms with van der Waals surface area (Å²) < 4.78 is 11.1. The molecule has 1 aliphatic heterocycles. The van der Waals surface area contributed by atoms with Gasteiger partial charge in [-0.05, 0) is 26.7 Å². The average molecular weight is 285 g/mol. The summed E-state index contributed by atoms with van der Waals surface area (Å²) in [7, 11) is 2.84. The summed E-state index contributed by atoms with van der Waals surface area (Å²) >= 11 is 0. The number of likely N-dealkylation sites (N-methyl/N-ethyl adjacent to an activating group) is 1. The van der Waals surface area contributed by atoms with Crippen LogP contribution in [0, 0.1) is 0 Å². The summed E-state index contributed by atoms with van der Waals surface area (Å²) in [5.74, 6) is -1.53. The van der Waals surface area contributed by atoms with E-state index in [4.69, 9.17) is 14.3 Å². The Morgan fingerprint density at radius 3 is 2.50 bits per heavy atom. The van der Waals surface area contributed by atoms with Crippen LogP contribution in [-0.2, 0) is 23.9 Å². The highest BCUT2D eigenvalue weighted by Gasteiger charge is 2.49. The lowest BCUT2D eigenvalue weighted by Gasteiger charge is -2.20. The minimum absolute atomic E-state index is 0.139. The van der Waals surface area contributed by atoms with Crippen LogP contribution in [0.15, 0.2) is 12.7 Å². The minimum Gasteiger partial charge on any atom is -0.336 e. The third-order valence-corrected chi connectivity index (χ3v) is 3.07. The summed E-state index contributed by atoms with van der Waals surface area (Å²) in [6.07, 6.45) is 1.66. The second-order valence-corrected chi connectivity index (χ2v) is 5.14. The summed E-state index contributed by atoms with van der Waals surface area (Å²) in [4.78, 5) is 29.2. The van der Waals surface area contributed by atoms with E-state index in [9.17, 15) is 9.59 Å². The molecule has 1 rings (SSSR count). The molecule has 2 atom stereocenters. The van der Waals surface area contributed by atoms with Crippen LogP contribution >= 0.6 is 0 Å². The fraction of sp³-hybridized carbons (Fsp3) is 0.714. The van der Waals surface area contributed by atoms with Crippen molar-refractivity contribution >= 4 is 11.7 Å². The van der Waals surface area contributed by atoms with Gasteiger partial charge >= 0.3 is 0 Å². The number of allylic oxidation sites excluding steroid dienone is 1. The van der Waals surface area contributed by atoms with Crippen LogP contribution in [0.4, 0.5) is 0 Å². The van der Waals surface area contributed by atoms with Crippen LogP contribution in [-0.4, -0.2) is 48.9 Å². The number of rotatable bonds is 7. The van der Waals surface area contributed by atoms with E-state index < -0.39 is 23.9 Å². The molecule has 0 aromatic carbocycles. The first-order valence-electron chi connectivity index (χ1n) is 6.63. The number of hydroxylamine groups is 2. The van der Waals surface area contributed by atoms with Gasteiger partial charge in [-0.3, -0.25) is 14.4 Å². The third-order valence-electron chi connectivity index (χ3n) is 3.07. The molecule has 0 aromatic rings. The van der Waals surface area contributed by atoms with Gasteiger partial charge in [0.2, 0.25) is 0 Å². The van der Waals surface area contributed by atoms with Crippen LogP contribution in [0.3, 0.4) is 0 Å². The van der Waals surface area contributed by atoms with E-state index in [0.717, 1.165) is 11.5 Å². The average Bonchev–Trinajstić information content (AvgIpc) is 2.73. The van der Waals surface area contributed by atoms with Gasteiger partial charge in [-0.25, -0.2) is 5.06 Å². The molecule has 0 spiro atoms. The predicted molar refractivity (Wildman–Crippen MR) is 72.7 cm³/mol. The number of nitrogens with zero attached hydrogens (tertiary/aromatic N) is 1. The maximum Gasteiger partial charge on any atom is 0.278 e. The molecule has 1 fully saturated rings. The summed E-state index contributed by atoms with van der Waals surface area (Å²) in [6, 6.07) is 0. The molecule has 114 valence electrons. The van der Waals surface area contributed by atoms with Gasteiger partial charge in [0.1, 0.15) is 0 Å². The Balaban J connectivity index is 2.77. The molecule has 20 heavy (non-hydrogen) atoms. The Morgan fingerprint density at radius 2 is 1.95 bits per heavy atom. The van der Waals surface area contributed by atoms with Gasteiger partial charge in [-0.2, -0.15) is 0 Å². The molecule has 6 nitrogen and oxygen atoms in total. The van der Waals surface area contributed by atoms with Crippen LogP contribution in [0.2, 0.25) is 0 Å². The molecule has 0 saturated carbocycles. The van der Waals surface area contributed by atoms with Crippen molar-refractivity contribution in [3.8, 4) is 0 Å². The second-order valence-electron chi connectivity index (χ2n) is 5.14. The van der Waals surface area contributed by atoms with Gasteiger partial charge in [0, 0.05) is 13.5 Å². The Bertz CT molecular complexity index is 380. The smallest absolute Gasteiger partial charge is 0.278 e. The van der Waals surface area contributed by atoms with Crippen LogP contribution in [0.25, 0.3) is 0 Å². The van der Waals surface area contributed by atoms with Gasteiger partial charge in [-0.15, -0.1) is 6.58 Å². The molecule has 6 heteroatoms. The summed E-state index contributed by atoms with van der Waals surface area (Å²) in [5.41, 5.74) is 0. The fourth-order valence-corrected chi connectivity index (χ4v) is 2.01. The highest BCUT2D eigenvalue weighted by Crippen LogP contribution is 2.30. The van der Waals surface area contributed by atoms with Crippen LogP contribution < -0.4 is 0 Å². The lowest BCUT2D eigenvalue weighted by Crippen LogP contribution is -2.44. The third kappa shape index (κ3) is 4.13. The Hall–Kier alpha value is -1.24. The van der Waals surface area contributed by atoms with Crippen molar-refractivity contribution in [1.82, 2.24) is 5.06 Å². The SMILES string of the molecule is C=CCCCC(=O)[C@@H]1OC(C)(C)O[C@H]1C(=O)N(C)OC. The van der Waals surface area contributed by atoms with Crippen LogP contribution in [0.1, 0.15) is 33.1 Å². The molecule has 1 saturated heterocycles. The highest BCUT2D eigenvalue weighted by molar-refractivity contribution is 5.92. The van der Waals surface area contributed by atoms with Gasteiger partial charge in [0.15, 0.2) is 23.8 Å². The molecule has 0 bridgehead atoms. The fourth-order valence-electron chi connectivity index (χ4n) is 2.01. The van der Waals surface area contributed by atoms with E-state index in [0.29, 0.717) is 12.8 Å². The van der Waals surface area contributed by atoms with Crippen molar-refractivity contribution in [1.29, 1.82) is 0 Å².